The standard InChI is InChI=1S/C13H21NO/c1-3-5-6-7-8-9-10-11-15-13(4-2)12-14/h13H,3-7,10-11H2,1-2H3. The predicted molar refractivity (Wildman–Crippen MR) is 62.2 cm³/mol. The van der Waals surface area contributed by atoms with E-state index in [0.717, 1.165) is 19.3 Å². The van der Waals surface area contributed by atoms with Crippen LogP contribution in [0.5, 0.6) is 0 Å². The highest BCUT2D eigenvalue weighted by molar-refractivity contribution is 4.98. The van der Waals surface area contributed by atoms with Gasteiger partial charge in [-0.3, -0.25) is 0 Å². The fourth-order valence-electron chi connectivity index (χ4n) is 1.14. The molecule has 0 aromatic rings. The number of unbranched alkanes of at least 4 members (excludes halogenated alkanes) is 3. The van der Waals surface area contributed by atoms with Crippen LogP contribution in [0, 0.1) is 23.2 Å². The van der Waals surface area contributed by atoms with E-state index in [1.54, 1.807) is 0 Å². The Bertz CT molecular complexity index is 231. The van der Waals surface area contributed by atoms with Gasteiger partial charge in [-0.25, -0.2) is 0 Å². The van der Waals surface area contributed by atoms with E-state index in [1.165, 1.54) is 19.3 Å². The second-order valence-corrected chi connectivity index (χ2v) is 3.46. The van der Waals surface area contributed by atoms with E-state index in [0.29, 0.717) is 6.61 Å². The average Bonchev–Trinajstić information content (AvgIpc) is 2.27. The molecule has 1 atom stereocenters. The third-order valence-corrected chi connectivity index (χ3v) is 2.09. The molecule has 0 radical (unpaired) electrons. The van der Waals surface area contributed by atoms with Crippen molar-refractivity contribution in [1.29, 1.82) is 5.26 Å². The first-order chi connectivity index (χ1) is 7.35. The summed E-state index contributed by atoms with van der Waals surface area (Å²) < 4.78 is 5.30. The lowest BCUT2D eigenvalue weighted by atomic mass is 10.2. The minimum absolute atomic E-state index is 0.258. The van der Waals surface area contributed by atoms with Crippen molar-refractivity contribution in [2.75, 3.05) is 6.61 Å². The fourth-order valence-corrected chi connectivity index (χ4v) is 1.14. The van der Waals surface area contributed by atoms with Crippen LogP contribution in [0.25, 0.3) is 0 Å². The van der Waals surface area contributed by atoms with Gasteiger partial charge in [0.2, 0.25) is 0 Å². The van der Waals surface area contributed by atoms with Crippen LogP contribution in [0.3, 0.4) is 0 Å². The Labute approximate surface area is 93.6 Å². The van der Waals surface area contributed by atoms with Gasteiger partial charge in [0.05, 0.1) is 12.7 Å². The van der Waals surface area contributed by atoms with Crippen molar-refractivity contribution in [2.24, 2.45) is 0 Å². The fraction of sp³-hybridized carbons (Fsp3) is 0.769. The zero-order valence-electron chi connectivity index (χ0n) is 9.88. The van der Waals surface area contributed by atoms with Crippen LogP contribution in [-0.2, 0) is 4.74 Å². The summed E-state index contributed by atoms with van der Waals surface area (Å²) >= 11 is 0. The highest BCUT2D eigenvalue weighted by Gasteiger charge is 2.01. The van der Waals surface area contributed by atoms with Crippen LogP contribution in [0.1, 0.15) is 52.4 Å². The highest BCUT2D eigenvalue weighted by Crippen LogP contribution is 1.98. The largest absolute Gasteiger partial charge is 0.362 e. The minimum atomic E-state index is -0.258. The van der Waals surface area contributed by atoms with E-state index in [-0.39, 0.29) is 6.10 Å². The second-order valence-electron chi connectivity index (χ2n) is 3.46. The highest BCUT2D eigenvalue weighted by atomic mass is 16.5. The van der Waals surface area contributed by atoms with E-state index in [4.69, 9.17) is 10.00 Å². The Morgan fingerprint density at radius 3 is 2.47 bits per heavy atom. The summed E-state index contributed by atoms with van der Waals surface area (Å²) in [6, 6.07) is 2.10. The molecule has 0 N–H and O–H groups in total. The number of ether oxygens (including phenoxy) is 1. The van der Waals surface area contributed by atoms with Gasteiger partial charge < -0.3 is 4.74 Å². The van der Waals surface area contributed by atoms with Gasteiger partial charge in [0.1, 0.15) is 6.10 Å². The van der Waals surface area contributed by atoms with Crippen LogP contribution in [0.15, 0.2) is 0 Å². The Morgan fingerprint density at radius 1 is 1.13 bits per heavy atom. The number of hydrogen-bond donors (Lipinski definition) is 0. The van der Waals surface area contributed by atoms with Crippen molar-refractivity contribution in [3.63, 3.8) is 0 Å². The summed E-state index contributed by atoms with van der Waals surface area (Å²) in [7, 11) is 0. The van der Waals surface area contributed by atoms with Gasteiger partial charge in [-0.2, -0.15) is 5.26 Å². The third-order valence-electron chi connectivity index (χ3n) is 2.09. The summed E-state index contributed by atoms with van der Waals surface area (Å²) in [5.74, 6) is 6.18. The summed E-state index contributed by atoms with van der Waals surface area (Å²) in [4.78, 5) is 0. The lowest BCUT2D eigenvalue weighted by molar-refractivity contribution is 0.0924. The van der Waals surface area contributed by atoms with Gasteiger partial charge >= 0.3 is 0 Å². The molecule has 0 rings (SSSR count). The Hall–Kier alpha value is -0.990. The topological polar surface area (TPSA) is 33.0 Å². The van der Waals surface area contributed by atoms with Gasteiger partial charge in [-0.1, -0.05) is 26.7 Å². The van der Waals surface area contributed by atoms with Crippen molar-refractivity contribution in [1.82, 2.24) is 0 Å². The molecular formula is C13H21NO. The van der Waals surface area contributed by atoms with E-state index in [1.807, 2.05) is 6.92 Å². The summed E-state index contributed by atoms with van der Waals surface area (Å²) in [6.45, 7) is 4.71. The molecule has 0 aliphatic carbocycles. The summed E-state index contributed by atoms with van der Waals surface area (Å²) in [6.07, 6.45) is 5.92. The number of hydrogen-bond acceptors (Lipinski definition) is 2. The van der Waals surface area contributed by atoms with Gasteiger partial charge in [-0.05, 0) is 12.8 Å². The van der Waals surface area contributed by atoms with E-state index >= 15 is 0 Å². The molecule has 0 heterocycles. The molecule has 1 unspecified atom stereocenters. The van der Waals surface area contributed by atoms with Gasteiger partial charge in [-0.15, -0.1) is 11.8 Å². The third kappa shape index (κ3) is 9.32. The second kappa shape index (κ2) is 11.1. The molecular weight excluding hydrogens is 186 g/mol. The monoisotopic (exact) mass is 207 g/mol. The predicted octanol–water partition coefficient (Wildman–Crippen LogP) is 3.28. The molecule has 15 heavy (non-hydrogen) atoms. The first-order valence-electron chi connectivity index (χ1n) is 5.82. The zero-order valence-corrected chi connectivity index (χ0v) is 9.88. The van der Waals surface area contributed by atoms with Crippen LogP contribution < -0.4 is 0 Å². The first kappa shape index (κ1) is 14.0. The molecule has 0 bridgehead atoms. The molecule has 0 saturated carbocycles. The Morgan fingerprint density at radius 2 is 1.87 bits per heavy atom. The smallest absolute Gasteiger partial charge is 0.143 e. The van der Waals surface area contributed by atoms with E-state index in [2.05, 4.69) is 24.8 Å². The van der Waals surface area contributed by atoms with Crippen molar-refractivity contribution < 1.29 is 4.74 Å². The molecule has 0 aromatic carbocycles. The van der Waals surface area contributed by atoms with Gasteiger partial charge in [0, 0.05) is 12.8 Å². The number of rotatable bonds is 7. The maximum Gasteiger partial charge on any atom is 0.143 e. The van der Waals surface area contributed by atoms with Crippen molar-refractivity contribution in [3.8, 4) is 17.9 Å². The molecule has 84 valence electrons. The summed E-state index contributed by atoms with van der Waals surface area (Å²) in [5.41, 5.74) is 0. The van der Waals surface area contributed by atoms with E-state index < -0.39 is 0 Å². The molecule has 0 aromatic heterocycles. The summed E-state index contributed by atoms with van der Waals surface area (Å²) in [5, 5.41) is 8.61. The molecule has 2 heteroatoms. The molecule has 2 nitrogen and oxygen atoms in total. The lowest BCUT2D eigenvalue weighted by Crippen LogP contribution is -2.09. The number of nitrogens with zero attached hydrogens (tertiary/aromatic N) is 1. The Kier molecular flexibility index (Phi) is 10.4. The average molecular weight is 207 g/mol. The van der Waals surface area contributed by atoms with Crippen LogP contribution in [0.4, 0.5) is 0 Å². The van der Waals surface area contributed by atoms with Crippen molar-refractivity contribution >= 4 is 0 Å². The SMILES string of the molecule is CCCCCC#CCCOC(C#N)CC. The first-order valence-corrected chi connectivity index (χ1v) is 5.82. The maximum absolute atomic E-state index is 8.61. The van der Waals surface area contributed by atoms with Crippen LogP contribution in [-0.4, -0.2) is 12.7 Å². The molecule has 0 aliphatic heterocycles. The minimum Gasteiger partial charge on any atom is -0.362 e. The van der Waals surface area contributed by atoms with E-state index in [9.17, 15) is 0 Å². The zero-order chi connectivity index (χ0) is 11.4. The number of nitriles is 1. The molecule has 0 amide bonds. The molecule has 0 spiro atoms. The van der Waals surface area contributed by atoms with Gasteiger partial charge in [0.15, 0.2) is 0 Å². The quantitative estimate of drug-likeness (QED) is 0.474. The van der Waals surface area contributed by atoms with Crippen LogP contribution in [0.2, 0.25) is 0 Å². The van der Waals surface area contributed by atoms with Crippen molar-refractivity contribution in [3.05, 3.63) is 0 Å². The normalized spacial score (nSPS) is 11.3. The molecule has 0 saturated heterocycles. The lowest BCUT2D eigenvalue weighted by Gasteiger charge is -2.04. The van der Waals surface area contributed by atoms with Gasteiger partial charge in [0.25, 0.3) is 0 Å². The maximum atomic E-state index is 8.61. The molecule has 0 fully saturated rings. The van der Waals surface area contributed by atoms with Crippen LogP contribution >= 0.6 is 0 Å². The van der Waals surface area contributed by atoms with Crippen molar-refractivity contribution in [2.45, 2.75) is 58.5 Å². The molecule has 0 aliphatic rings. The Balaban J connectivity index is 3.33.